The summed E-state index contributed by atoms with van der Waals surface area (Å²) < 4.78 is 38.1. The van der Waals surface area contributed by atoms with E-state index in [4.69, 9.17) is 10.4 Å². The van der Waals surface area contributed by atoms with Crippen LogP contribution in [0, 0.1) is 11.8 Å². The first kappa shape index (κ1) is 20.7. The first-order valence-corrected chi connectivity index (χ1v) is 7.32. The largest absolute Gasteiger partial charge is 0.416 e. The zero-order valence-electron chi connectivity index (χ0n) is 12.9. The quantitative estimate of drug-likeness (QED) is 0.554. The number of alkyl halides is 3. The lowest BCUT2D eigenvalue weighted by Gasteiger charge is -2.17. The molecule has 0 amide bonds. The highest BCUT2D eigenvalue weighted by Gasteiger charge is 2.40. The Morgan fingerprint density at radius 2 is 1.96 bits per heavy atom. The molecule has 1 aliphatic carbocycles. The highest BCUT2D eigenvalue weighted by Crippen LogP contribution is 2.37. The molecule has 0 aromatic heterocycles. The molecule has 2 unspecified atom stereocenters. The minimum absolute atomic E-state index is 0. The van der Waals surface area contributed by atoms with Crippen LogP contribution in [0.3, 0.4) is 0 Å². The van der Waals surface area contributed by atoms with Crippen molar-refractivity contribution in [1.82, 2.24) is 4.90 Å². The number of hydrogen-bond donors (Lipinski definition) is 3. The van der Waals surface area contributed by atoms with Crippen LogP contribution < -0.4 is 5.90 Å². The van der Waals surface area contributed by atoms with Gasteiger partial charge >= 0.3 is 6.18 Å². The van der Waals surface area contributed by atoms with Crippen LogP contribution in [0.2, 0.25) is 0 Å². The lowest BCUT2D eigenvalue weighted by molar-refractivity contribution is -0.137. The molecule has 24 heavy (non-hydrogen) atoms. The molecule has 1 aromatic rings. The summed E-state index contributed by atoms with van der Waals surface area (Å²) in [6, 6.07) is 5.49. The predicted octanol–water partition coefficient (Wildman–Crippen LogP) is 3.13. The maximum absolute atomic E-state index is 12.7. The molecular weight excluding hydrogens is 347 g/mol. The summed E-state index contributed by atoms with van der Waals surface area (Å²) in [7, 11) is 0. The molecule has 9 heteroatoms. The number of fused-ring (bicyclic) bond motifs is 1. The number of hydrogen-bond acceptors (Lipinski definition) is 5. The molecular formula is C15H21ClF3N3O2. The lowest BCUT2D eigenvalue weighted by Crippen LogP contribution is -2.23. The van der Waals surface area contributed by atoms with E-state index in [1.54, 1.807) is 6.07 Å². The van der Waals surface area contributed by atoms with Gasteiger partial charge in [-0.15, -0.1) is 12.4 Å². The monoisotopic (exact) mass is 367 g/mol. The van der Waals surface area contributed by atoms with Crippen molar-refractivity contribution in [3.63, 3.8) is 0 Å². The van der Waals surface area contributed by atoms with Crippen LogP contribution in [-0.2, 0) is 12.7 Å². The van der Waals surface area contributed by atoms with Gasteiger partial charge in [0.1, 0.15) is 0 Å². The second-order valence-electron chi connectivity index (χ2n) is 5.89. The molecule has 2 aliphatic rings. The Balaban J connectivity index is 0.000000925. The fourth-order valence-corrected chi connectivity index (χ4v) is 3.51. The third kappa shape index (κ3) is 4.60. The van der Waals surface area contributed by atoms with Gasteiger partial charge in [-0.05, 0) is 30.4 Å². The Morgan fingerprint density at radius 3 is 2.58 bits per heavy atom. The molecule has 2 fully saturated rings. The third-order valence-electron chi connectivity index (χ3n) is 4.50. The van der Waals surface area contributed by atoms with Gasteiger partial charge < -0.3 is 10.4 Å². The molecule has 1 saturated carbocycles. The molecule has 1 heterocycles. The molecule has 1 aliphatic heterocycles. The minimum atomic E-state index is -4.30. The summed E-state index contributed by atoms with van der Waals surface area (Å²) in [5.41, 5.74) is 0.913. The van der Waals surface area contributed by atoms with Crippen LogP contribution in [0.4, 0.5) is 13.2 Å². The standard InChI is InChI=1S/C15H17F3N2O.ClH.H3NO/c16-15(17,18)12-3-1-2-10(6-12)7-20-8-11-4-5-14(19-21)13(11)9-20;;1-2/h1-3,6,11,13,21H,4-5,7-9H2;1H;2H,1H2. The molecule has 3 rings (SSSR count). The SMILES string of the molecule is Cl.NO.ON=C1CCC2CN(Cc3cccc(C(F)(F)F)c3)CC12. The van der Waals surface area contributed by atoms with Gasteiger partial charge in [0.2, 0.25) is 0 Å². The van der Waals surface area contributed by atoms with E-state index in [2.05, 4.69) is 16.0 Å². The first-order chi connectivity index (χ1) is 11.0. The van der Waals surface area contributed by atoms with Crippen molar-refractivity contribution in [2.24, 2.45) is 22.9 Å². The van der Waals surface area contributed by atoms with Crippen LogP contribution in [0.15, 0.2) is 29.4 Å². The maximum atomic E-state index is 12.7. The lowest BCUT2D eigenvalue weighted by atomic mass is 10.00. The highest BCUT2D eigenvalue weighted by molar-refractivity contribution is 5.89. The van der Waals surface area contributed by atoms with Crippen LogP contribution in [-0.4, -0.2) is 34.1 Å². The zero-order valence-corrected chi connectivity index (χ0v) is 13.7. The second kappa shape index (κ2) is 8.66. The summed E-state index contributed by atoms with van der Waals surface area (Å²) in [6.07, 6.45) is -2.46. The predicted molar refractivity (Wildman–Crippen MR) is 85.4 cm³/mol. The smallest absolute Gasteiger partial charge is 0.411 e. The average molecular weight is 368 g/mol. The van der Waals surface area contributed by atoms with E-state index in [9.17, 15) is 13.2 Å². The average Bonchev–Trinajstić information content (AvgIpc) is 3.08. The maximum Gasteiger partial charge on any atom is 0.416 e. The minimum Gasteiger partial charge on any atom is -0.411 e. The Bertz CT molecular complexity index is 569. The summed E-state index contributed by atoms with van der Waals surface area (Å²) in [5, 5.41) is 18.8. The van der Waals surface area contributed by atoms with Crippen molar-refractivity contribution < 1.29 is 23.6 Å². The van der Waals surface area contributed by atoms with Gasteiger partial charge in [0.05, 0.1) is 11.3 Å². The molecule has 0 spiro atoms. The number of nitrogens with two attached hydrogens (primary N) is 1. The van der Waals surface area contributed by atoms with Gasteiger partial charge in [0.15, 0.2) is 0 Å². The van der Waals surface area contributed by atoms with E-state index in [1.165, 1.54) is 12.1 Å². The topological polar surface area (TPSA) is 82.1 Å². The van der Waals surface area contributed by atoms with E-state index in [-0.39, 0.29) is 18.3 Å². The molecule has 0 radical (unpaired) electrons. The Kier molecular flexibility index (Phi) is 7.47. The van der Waals surface area contributed by atoms with Crippen molar-refractivity contribution >= 4 is 18.1 Å². The summed E-state index contributed by atoms with van der Waals surface area (Å²) >= 11 is 0. The van der Waals surface area contributed by atoms with Gasteiger partial charge in [-0.25, -0.2) is 5.90 Å². The Morgan fingerprint density at radius 1 is 1.25 bits per heavy atom. The molecule has 4 N–H and O–H groups in total. The number of rotatable bonds is 2. The summed E-state index contributed by atoms with van der Waals surface area (Å²) in [4.78, 5) is 2.15. The second-order valence-corrected chi connectivity index (χ2v) is 5.89. The number of oxime groups is 1. The Labute approximate surface area is 144 Å². The Hall–Kier alpha value is -1.35. The number of halogens is 4. The van der Waals surface area contributed by atoms with Crippen molar-refractivity contribution in [2.75, 3.05) is 13.1 Å². The van der Waals surface area contributed by atoms with Crippen LogP contribution >= 0.6 is 12.4 Å². The van der Waals surface area contributed by atoms with E-state index in [0.717, 1.165) is 37.7 Å². The van der Waals surface area contributed by atoms with Crippen LogP contribution in [0.1, 0.15) is 24.0 Å². The van der Waals surface area contributed by atoms with Crippen molar-refractivity contribution in [1.29, 1.82) is 0 Å². The van der Waals surface area contributed by atoms with E-state index in [0.29, 0.717) is 18.0 Å². The van der Waals surface area contributed by atoms with Crippen LogP contribution in [0.5, 0.6) is 0 Å². The summed E-state index contributed by atoms with van der Waals surface area (Å²) in [6.45, 7) is 2.13. The highest BCUT2D eigenvalue weighted by atomic mass is 35.5. The van der Waals surface area contributed by atoms with Crippen molar-refractivity contribution in [2.45, 2.75) is 25.6 Å². The normalized spacial score (nSPS) is 25.0. The number of nitrogens with zero attached hydrogens (tertiary/aromatic N) is 2. The zero-order chi connectivity index (χ0) is 17.0. The van der Waals surface area contributed by atoms with Gasteiger partial charge in [0, 0.05) is 25.6 Å². The first-order valence-electron chi connectivity index (χ1n) is 7.32. The van der Waals surface area contributed by atoms with Crippen molar-refractivity contribution in [3.8, 4) is 0 Å². The molecule has 136 valence electrons. The van der Waals surface area contributed by atoms with Gasteiger partial charge in [-0.3, -0.25) is 4.90 Å². The fraction of sp³-hybridized carbons (Fsp3) is 0.533. The van der Waals surface area contributed by atoms with Gasteiger partial charge in [0.25, 0.3) is 0 Å². The van der Waals surface area contributed by atoms with Crippen molar-refractivity contribution in [3.05, 3.63) is 35.4 Å². The van der Waals surface area contributed by atoms with E-state index >= 15 is 0 Å². The molecule has 0 bridgehead atoms. The number of benzene rings is 1. The van der Waals surface area contributed by atoms with Gasteiger partial charge in [-0.1, -0.05) is 23.4 Å². The summed E-state index contributed by atoms with van der Waals surface area (Å²) in [5.74, 6) is 4.24. The third-order valence-corrected chi connectivity index (χ3v) is 4.50. The number of likely N-dealkylation sites (tertiary alicyclic amines) is 1. The molecule has 5 nitrogen and oxygen atoms in total. The fourth-order valence-electron chi connectivity index (χ4n) is 3.51. The molecule has 1 saturated heterocycles. The molecule has 2 atom stereocenters. The molecule has 1 aromatic carbocycles. The van der Waals surface area contributed by atoms with Crippen LogP contribution in [0.25, 0.3) is 0 Å². The van der Waals surface area contributed by atoms with Gasteiger partial charge in [-0.2, -0.15) is 13.2 Å². The van der Waals surface area contributed by atoms with E-state index < -0.39 is 11.7 Å². The van der Waals surface area contributed by atoms with E-state index in [1.807, 2.05) is 0 Å².